The van der Waals surface area contributed by atoms with E-state index in [0.717, 1.165) is 0 Å². The number of hydrogen-bond acceptors (Lipinski definition) is 4. The first-order chi connectivity index (χ1) is 7.52. The summed E-state index contributed by atoms with van der Waals surface area (Å²) in [4.78, 5) is 23.2. The van der Waals surface area contributed by atoms with Crippen molar-refractivity contribution in [2.75, 3.05) is 6.61 Å². The SMILES string of the molecule is CCOC(=O)[C@@H]1NC(=O)[C@@H]([C@@H](C)O)[C@H]1CC. The van der Waals surface area contributed by atoms with Crippen molar-refractivity contribution in [2.45, 2.75) is 39.3 Å². The van der Waals surface area contributed by atoms with Crippen LogP contribution < -0.4 is 5.32 Å². The van der Waals surface area contributed by atoms with Gasteiger partial charge in [-0.2, -0.15) is 0 Å². The van der Waals surface area contributed by atoms with Crippen molar-refractivity contribution in [3.05, 3.63) is 0 Å². The number of rotatable bonds is 4. The van der Waals surface area contributed by atoms with Crippen LogP contribution in [-0.2, 0) is 14.3 Å². The maximum absolute atomic E-state index is 11.6. The molecule has 0 aliphatic carbocycles. The van der Waals surface area contributed by atoms with E-state index < -0.39 is 24.0 Å². The molecule has 2 N–H and O–H groups in total. The number of carbonyl (C=O) groups is 2. The van der Waals surface area contributed by atoms with Crippen LogP contribution in [0.3, 0.4) is 0 Å². The number of nitrogens with one attached hydrogen (secondary N) is 1. The maximum atomic E-state index is 11.6. The van der Waals surface area contributed by atoms with Gasteiger partial charge in [0.1, 0.15) is 6.04 Å². The van der Waals surface area contributed by atoms with Crippen molar-refractivity contribution >= 4 is 11.9 Å². The van der Waals surface area contributed by atoms with Gasteiger partial charge in [-0.15, -0.1) is 0 Å². The van der Waals surface area contributed by atoms with Crippen molar-refractivity contribution < 1.29 is 19.4 Å². The van der Waals surface area contributed by atoms with Crippen LogP contribution in [0.1, 0.15) is 27.2 Å². The number of hydrogen-bond donors (Lipinski definition) is 2. The van der Waals surface area contributed by atoms with Crippen molar-refractivity contribution in [3.8, 4) is 0 Å². The van der Waals surface area contributed by atoms with Crippen LogP contribution in [0.5, 0.6) is 0 Å². The largest absolute Gasteiger partial charge is 0.464 e. The molecule has 0 bridgehead atoms. The molecule has 1 aliphatic rings. The third kappa shape index (κ3) is 2.35. The number of esters is 1. The summed E-state index contributed by atoms with van der Waals surface area (Å²) in [6.45, 7) is 5.48. The van der Waals surface area contributed by atoms with E-state index in [1.165, 1.54) is 0 Å². The van der Waals surface area contributed by atoms with Gasteiger partial charge in [-0.3, -0.25) is 4.79 Å². The predicted octanol–water partition coefficient (Wildman–Crippen LogP) is 0.0711. The van der Waals surface area contributed by atoms with Gasteiger partial charge in [0.15, 0.2) is 0 Å². The molecule has 0 radical (unpaired) electrons. The summed E-state index contributed by atoms with van der Waals surface area (Å²) in [5.74, 6) is -1.38. The van der Waals surface area contributed by atoms with Gasteiger partial charge in [0, 0.05) is 5.92 Å². The average Bonchev–Trinajstić information content (AvgIpc) is 2.55. The smallest absolute Gasteiger partial charge is 0.328 e. The van der Waals surface area contributed by atoms with E-state index in [4.69, 9.17) is 4.74 Å². The van der Waals surface area contributed by atoms with Crippen molar-refractivity contribution in [3.63, 3.8) is 0 Å². The summed E-state index contributed by atoms with van der Waals surface area (Å²) < 4.78 is 4.90. The molecule has 0 spiro atoms. The lowest BCUT2D eigenvalue weighted by atomic mass is 9.85. The number of aliphatic hydroxyl groups is 1. The summed E-state index contributed by atoms with van der Waals surface area (Å²) in [5.41, 5.74) is 0. The Morgan fingerprint density at radius 1 is 1.56 bits per heavy atom. The lowest BCUT2D eigenvalue weighted by Crippen LogP contribution is -2.38. The molecule has 1 saturated heterocycles. The first kappa shape index (κ1) is 13.0. The maximum Gasteiger partial charge on any atom is 0.328 e. The zero-order valence-electron chi connectivity index (χ0n) is 9.90. The Bertz CT molecular complexity index is 277. The molecule has 5 heteroatoms. The lowest BCUT2D eigenvalue weighted by molar-refractivity contribution is -0.147. The lowest BCUT2D eigenvalue weighted by Gasteiger charge is -2.21. The fourth-order valence-corrected chi connectivity index (χ4v) is 2.29. The molecule has 1 amide bonds. The zero-order valence-corrected chi connectivity index (χ0v) is 9.90. The highest BCUT2D eigenvalue weighted by molar-refractivity contribution is 5.90. The highest BCUT2D eigenvalue weighted by Gasteiger charge is 2.47. The van der Waals surface area contributed by atoms with E-state index in [-0.39, 0.29) is 11.8 Å². The minimum atomic E-state index is -0.746. The molecule has 1 heterocycles. The Hall–Kier alpha value is -1.10. The predicted molar refractivity (Wildman–Crippen MR) is 57.5 cm³/mol. The van der Waals surface area contributed by atoms with E-state index >= 15 is 0 Å². The Labute approximate surface area is 95.2 Å². The third-order valence-electron chi connectivity index (χ3n) is 3.02. The van der Waals surface area contributed by atoms with Crippen LogP contribution in [0.4, 0.5) is 0 Å². The van der Waals surface area contributed by atoms with Gasteiger partial charge in [-0.1, -0.05) is 6.92 Å². The number of ether oxygens (including phenoxy) is 1. The summed E-state index contributed by atoms with van der Waals surface area (Å²) >= 11 is 0. The highest BCUT2D eigenvalue weighted by atomic mass is 16.5. The minimum Gasteiger partial charge on any atom is -0.464 e. The molecule has 5 nitrogen and oxygen atoms in total. The van der Waals surface area contributed by atoms with E-state index in [0.29, 0.717) is 13.0 Å². The quantitative estimate of drug-likeness (QED) is 0.669. The Morgan fingerprint density at radius 2 is 2.19 bits per heavy atom. The second-order valence-electron chi connectivity index (χ2n) is 4.08. The van der Waals surface area contributed by atoms with Crippen molar-refractivity contribution in [1.29, 1.82) is 0 Å². The zero-order chi connectivity index (χ0) is 12.3. The third-order valence-corrected chi connectivity index (χ3v) is 3.02. The second kappa shape index (κ2) is 5.30. The Kier molecular flexibility index (Phi) is 4.29. The molecule has 4 atom stereocenters. The molecule has 1 aliphatic heterocycles. The van der Waals surface area contributed by atoms with Crippen LogP contribution in [-0.4, -0.2) is 35.7 Å². The van der Waals surface area contributed by atoms with E-state index in [9.17, 15) is 14.7 Å². The van der Waals surface area contributed by atoms with Crippen LogP contribution in [0.2, 0.25) is 0 Å². The molecule has 16 heavy (non-hydrogen) atoms. The van der Waals surface area contributed by atoms with Gasteiger partial charge in [0.2, 0.25) is 5.91 Å². The van der Waals surface area contributed by atoms with Gasteiger partial charge >= 0.3 is 5.97 Å². The Balaban J connectivity index is 2.81. The number of carbonyl (C=O) groups excluding carboxylic acids is 2. The van der Waals surface area contributed by atoms with E-state index in [1.54, 1.807) is 13.8 Å². The fourth-order valence-electron chi connectivity index (χ4n) is 2.29. The van der Waals surface area contributed by atoms with Crippen LogP contribution >= 0.6 is 0 Å². The Morgan fingerprint density at radius 3 is 2.62 bits per heavy atom. The first-order valence-corrected chi connectivity index (χ1v) is 5.68. The minimum absolute atomic E-state index is 0.188. The summed E-state index contributed by atoms with van der Waals surface area (Å²) in [6.07, 6.45) is -0.0954. The van der Waals surface area contributed by atoms with E-state index in [2.05, 4.69) is 5.32 Å². The summed E-state index contributed by atoms with van der Waals surface area (Å²) in [6, 6.07) is -0.614. The molecular formula is C11H19NO4. The van der Waals surface area contributed by atoms with Gasteiger partial charge < -0.3 is 15.2 Å². The van der Waals surface area contributed by atoms with E-state index in [1.807, 2.05) is 6.92 Å². The van der Waals surface area contributed by atoms with Crippen LogP contribution in [0, 0.1) is 11.8 Å². The topological polar surface area (TPSA) is 75.6 Å². The average molecular weight is 229 g/mol. The number of aliphatic hydroxyl groups excluding tert-OH is 1. The molecule has 1 fully saturated rings. The van der Waals surface area contributed by atoms with Crippen molar-refractivity contribution in [2.24, 2.45) is 11.8 Å². The highest BCUT2D eigenvalue weighted by Crippen LogP contribution is 2.30. The molecular weight excluding hydrogens is 210 g/mol. The van der Waals surface area contributed by atoms with Crippen molar-refractivity contribution in [1.82, 2.24) is 5.32 Å². The first-order valence-electron chi connectivity index (χ1n) is 5.68. The monoisotopic (exact) mass is 229 g/mol. The normalized spacial score (nSPS) is 31.0. The van der Waals surface area contributed by atoms with Gasteiger partial charge in [-0.05, 0) is 20.3 Å². The molecule has 0 aromatic heterocycles. The van der Waals surface area contributed by atoms with Crippen LogP contribution in [0.25, 0.3) is 0 Å². The summed E-state index contributed by atoms with van der Waals surface area (Å²) in [5, 5.41) is 12.1. The molecule has 0 aromatic rings. The molecule has 0 aromatic carbocycles. The van der Waals surface area contributed by atoms with Gasteiger partial charge in [0.25, 0.3) is 0 Å². The standard InChI is InChI=1S/C11H19NO4/c1-4-7-8(6(3)13)10(14)12-9(7)11(15)16-5-2/h6-9,13H,4-5H2,1-3H3,(H,12,14)/t6-,7-,8+,9-/m1/s1. The molecule has 1 rings (SSSR count). The van der Waals surface area contributed by atoms with Crippen LogP contribution in [0.15, 0.2) is 0 Å². The molecule has 92 valence electrons. The number of amides is 1. The van der Waals surface area contributed by atoms with Gasteiger partial charge in [-0.25, -0.2) is 4.79 Å². The molecule has 0 saturated carbocycles. The fraction of sp³-hybridized carbons (Fsp3) is 0.818. The molecule has 0 unspecified atom stereocenters. The summed E-state index contributed by atoms with van der Waals surface area (Å²) in [7, 11) is 0. The van der Waals surface area contributed by atoms with Gasteiger partial charge in [0.05, 0.1) is 18.6 Å². The second-order valence-corrected chi connectivity index (χ2v) is 4.08.